The van der Waals surface area contributed by atoms with Gasteiger partial charge in [0.1, 0.15) is 11.6 Å². The molecule has 3 amide bonds. The van der Waals surface area contributed by atoms with Gasteiger partial charge in [-0.05, 0) is 30.7 Å². The predicted octanol–water partition coefficient (Wildman–Crippen LogP) is 1.67. The zero-order valence-electron chi connectivity index (χ0n) is 18.4. The van der Waals surface area contributed by atoms with Crippen LogP contribution in [0, 0.1) is 0 Å². The van der Waals surface area contributed by atoms with E-state index in [-0.39, 0.29) is 5.56 Å². The van der Waals surface area contributed by atoms with Crippen molar-refractivity contribution in [3.63, 3.8) is 0 Å². The lowest BCUT2D eigenvalue weighted by Crippen LogP contribution is -2.49. The van der Waals surface area contributed by atoms with Crippen LogP contribution in [0.3, 0.4) is 0 Å². The lowest BCUT2D eigenvalue weighted by atomic mass is 10.2. The number of aromatic nitrogens is 2. The van der Waals surface area contributed by atoms with Gasteiger partial charge in [0, 0.05) is 6.42 Å². The van der Waals surface area contributed by atoms with E-state index in [1.165, 1.54) is 13.2 Å². The monoisotopic (exact) mass is 451 g/mol. The van der Waals surface area contributed by atoms with Gasteiger partial charge in [0.2, 0.25) is 0 Å². The molecule has 33 heavy (non-hydrogen) atoms. The number of carbonyl (C=O) groups is 3. The summed E-state index contributed by atoms with van der Waals surface area (Å²) >= 11 is 0. The third-order valence-electron chi connectivity index (χ3n) is 4.91. The van der Waals surface area contributed by atoms with Crippen molar-refractivity contribution in [1.29, 1.82) is 0 Å². The second kappa shape index (κ2) is 10.9. The Morgan fingerprint density at radius 3 is 2.45 bits per heavy atom. The molecule has 3 N–H and O–H groups in total. The van der Waals surface area contributed by atoms with E-state index in [1.807, 2.05) is 12.3 Å². The lowest BCUT2D eigenvalue weighted by Gasteiger charge is -2.14. The molecule has 0 bridgehead atoms. The van der Waals surface area contributed by atoms with Gasteiger partial charge in [-0.15, -0.1) is 0 Å². The van der Waals surface area contributed by atoms with Crippen molar-refractivity contribution < 1.29 is 19.1 Å². The van der Waals surface area contributed by atoms with Crippen LogP contribution in [0.15, 0.2) is 53.3 Å². The molecule has 1 aromatic heterocycles. The molecule has 0 atom stereocenters. The standard InChI is InChI=1S/C23H25N5O5/c1-3-4-5-14-19-24-17-12-8-6-10-15(17)23(32)28(19)27-22(31)21(30)26-25-20(29)16-11-7-9-13-18(16)33-2/h6-13H,3-5,14H2,1-2H3,(H,25,29)(H,26,30)(H,27,31). The molecule has 0 aliphatic heterocycles. The Morgan fingerprint density at radius 2 is 1.70 bits per heavy atom. The van der Waals surface area contributed by atoms with Gasteiger partial charge in [-0.3, -0.25) is 35.5 Å². The second-order valence-electron chi connectivity index (χ2n) is 7.19. The minimum Gasteiger partial charge on any atom is -0.496 e. The van der Waals surface area contributed by atoms with Crippen molar-refractivity contribution in [2.45, 2.75) is 32.6 Å². The van der Waals surface area contributed by atoms with Crippen molar-refractivity contribution in [2.24, 2.45) is 0 Å². The van der Waals surface area contributed by atoms with Gasteiger partial charge in [-0.1, -0.05) is 44.0 Å². The van der Waals surface area contributed by atoms with Crippen LogP contribution in [0.25, 0.3) is 10.9 Å². The number of hydrogen-bond donors (Lipinski definition) is 3. The summed E-state index contributed by atoms with van der Waals surface area (Å²) in [5.74, 6) is -2.31. The van der Waals surface area contributed by atoms with E-state index >= 15 is 0 Å². The van der Waals surface area contributed by atoms with Gasteiger partial charge >= 0.3 is 11.8 Å². The van der Waals surface area contributed by atoms with Crippen LogP contribution in [0.4, 0.5) is 0 Å². The van der Waals surface area contributed by atoms with Gasteiger partial charge in [-0.25, -0.2) is 9.66 Å². The number of para-hydroxylation sites is 2. The van der Waals surface area contributed by atoms with Crippen LogP contribution in [0.2, 0.25) is 0 Å². The number of unbranched alkanes of at least 4 members (excludes halogenated alkanes) is 2. The molecule has 0 radical (unpaired) electrons. The summed E-state index contributed by atoms with van der Waals surface area (Å²) < 4.78 is 6.09. The van der Waals surface area contributed by atoms with Gasteiger partial charge in [0.05, 0.1) is 23.6 Å². The fourth-order valence-corrected chi connectivity index (χ4v) is 3.22. The summed E-state index contributed by atoms with van der Waals surface area (Å²) in [6, 6.07) is 13.2. The zero-order valence-corrected chi connectivity index (χ0v) is 18.4. The number of nitrogens with one attached hydrogen (secondary N) is 3. The summed E-state index contributed by atoms with van der Waals surface area (Å²) in [5, 5.41) is 0.307. The number of hydrazine groups is 1. The maximum atomic E-state index is 13.0. The first-order chi connectivity index (χ1) is 16.0. The van der Waals surface area contributed by atoms with E-state index in [2.05, 4.69) is 15.8 Å². The molecule has 1 heterocycles. The minimum atomic E-state index is -1.15. The van der Waals surface area contributed by atoms with Crippen LogP contribution >= 0.6 is 0 Å². The van der Waals surface area contributed by atoms with Gasteiger partial charge in [-0.2, -0.15) is 0 Å². The highest BCUT2D eigenvalue weighted by atomic mass is 16.5. The van der Waals surface area contributed by atoms with Crippen LogP contribution in [0.5, 0.6) is 5.75 Å². The first-order valence-corrected chi connectivity index (χ1v) is 10.5. The molecule has 10 heteroatoms. The Morgan fingerprint density at radius 1 is 0.970 bits per heavy atom. The number of carbonyl (C=O) groups excluding carboxylic acids is 3. The zero-order chi connectivity index (χ0) is 23.8. The first-order valence-electron chi connectivity index (χ1n) is 10.5. The van der Waals surface area contributed by atoms with E-state index in [4.69, 9.17) is 4.74 Å². The number of fused-ring (bicyclic) bond motifs is 1. The third-order valence-corrected chi connectivity index (χ3v) is 4.91. The van der Waals surface area contributed by atoms with Crippen LogP contribution < -0.4 is 26.6 Å². The Balaban J connectivity index is 1.75. The van der Waals surface area contributed by atoms with Crippen molar-refractivity contribution in [1.82, 2.24) is 20.5 Å². The van der Waals surface area contributed by atoms with Gasteiger partial charge in [0.15, 0.2) is 0 Å². The fourth-order valence-electron chi connectivity index (χ4n) is 3.22. The maximum Gasteiger partial charge on any atom is 0.330 e. The van der Waals surface area contributed by atoms with E-state index < -0.39 is 23.3 Å². The molecule has 0 aliphatic rings. The number of benzene rings is 2. The highest BCUT2D eigenvalue weighted by molar-refractivity contribution is 6.38. The van der Waals surface area contributed by atoms with Gasteiger partial charge < -0.3 is 4.74 Å². The van der Waals surface area contributed by atoms with Crippen molar-refractivity contribution in [3.05, 3.63) is 70.3 Å². The maximum absolute atomic E-state index is 13.0. The first kappa shape index (κ1) is 23.5. The average molecular weight is 451 g/mol. The molecule has 3 rings (SSSR count). The number of rotatable bonds is 7. The summed E-state index contributed by atoms with van der Waals surface area (Å²) in [7, 11) is 1.41. The molecule has 172 valence electrons. The molecule has 0 saturated heterocycles. The molecule has 0 spiro atoms. The smallest absolute Gasteiger partial charge is 0.330 e. The third kappa shape index (κ3) is 5.53. The predicted molar refractivity (Wildman–Crippen MR) is 122 cm³/mol. The highest BCUT2D eigenvalue weighted by Crippen LogP contribution is 2.16. The molecule has 3 aromatic rings. The number of aryl methyl sites for hydroxylation is 1. The number of hydrogen-bond acceptors (Lipinski definition) is 6. The highest BCUT2D eigenvalue weighted by Gasteiger charge is 2.20. The molecule has 0 aliphatic carbocycles. The molecule has 0 saturated carbocycles. The van der Waals surface area contributed by atoms with E-state index in [1.54, 1.807) is 42.5 Å². The van der Waals surface area contributed by atoms with Crippen molar-refractivity contribution in [3.8, 4) is 5.75 Å². The average Bonchev–Trinajstić information content (AvgIpc) is 2.84. The lowest BCUT2D eigenvalue weighted by molar-refractivity contribution is -0.137. The fraction of sp³-hybridized carbons (Fsp3) is 0.261. The van der Waals surface area contributed by atoms with Crippen LogP contribution in [0.1, 0.15) is 42.4 Å². The molecule has 0 fully saturated rings. The van der Waals surface area contributed by atoms with Crippen LogP contribution in [-0.4, -0.2) is 34.5 Å². The summed E-state index contributed by atoms with van der Waals surface area (Å²) in [4.78, 5) is 54.5. The molecule has 0 unspecified atom stereocenters. The number of amides is 3. The topological polar surface area (TPSA) is 131 Å². The molecular formula is C23H25N5O5. The minimum absolute atomic E-state index is 0.175. The van der Waals surface area contributed by atoms with E-state index in [0.717, 1.165) is 23.9 Å². The normalized spacial score (nSPS) is 10.5. The van der Waals surface area contributed by atoms with E-state index in [0.29, 0.717) is 28.9 Å². The Kier molecular flexibility index (Phi) is 7.74. The molecule has 10 nitrogen and oxygen atoms in total. The molecular weight excluding hydrogens is 426 g/mol. The number of methoxy groups -OCH3 is 1. The van der Waals surface area contributed by atoms with Crippen LogP contribution in [-0.2, 0) is 16.0 Å². The van der Waals surface area contributed by atoms with E-state index in [9.17, 15) is 19.2 Å². The SMILES string of the molecule is CCCCCc1nc2ccccc2c(=O)n1NC(=O)C(=O)NNC(=O)c1ccccc1OC. The Labute approximate surface area is 189 Å². The van der Waals surface area contributed by atoms with Gasteiger partial charge in [0.25, 0.3) is 11.5 Å². The number of ether oxygens (including phenoxy) is 1. The quantitative estimate of drug-likeness (QED) is 0.284. The second-order valence-corrected chi connectivity index (χ2v) is 7.19. The Bertz CT molecular complexity index is 1240. The molecule has 2 aromatic carbocycles. The summed E-state index contributed by atoms with van der Waals surface area (Å²) in [5.41, 5.74) is 6.68. The number of nitrogens with zero attached hydrogens (tertiary/aromatic N) is 2. The Hall–Kier alpha value is -4.21. The summed E-state index contributed by atoms with van der Waals surface area (Å²) in [6.45, 7) is 2.05. The summed E-state index contributed by atoms with van der Waals surface area (Å²) in [6.07, 6.45) is 3.10. The van der Waals surface area contributed by atoms with Crippen molar-refractivity contribution in [2.75, 3.05) is 12.5 Å². The van der Waals surface area contributed by atoms with Crippen molar-refractivity contribution >= 4 is 28.6 Å². The largest absolute Gasteiger partial charge is 0.496 e.